The van der Waals surface area contributed by atoms with Gasteiger partial charge in [0.15, 0.2) is 5.69 Å². The van der Waals surface area contributed by atoms with Gasteiger partial charge in [0.1, 0.15) is 5.69 Å². The Morgan fingerprint density at radius 2 is 2.04 bits per heavy atom. The average molecular weight is 404 g/mol. The van der Waals surface area contributed by atoms with Crippen LogP contribution in [-0.4, -0.2) is 39.6 Å². The molecule has 2 aromatic rings. The van der Waals surface area contributed by atoms with Gasteiger partial charge in [-0.1, -0.05) is 12.1 Å². The van der Waals surface area contributed by atoms with E-state index < -0.39 is 41.0 Å². The topological polar surface area (TPSA) is 133 Å². The van der Waals surface area contributed by atoms with Crippen LogP contribution in [-0.2, 0) is 0 Å². The second-order valence-corrected chi connectivity index (χ2v) is 5.40. The normalized spacial score (nSPS) is 10.8. The minimum absolute atomic E-state index is 0. The number of hydrogen-bond donors (Lipinski definition) is 2. The number of nitro groups is 1. The van der Waals surface area contributed by atoms with Gasteiger partial charge in [-0.05, 0) is 13.0 Å². The number of nitrogens with one attached hydrogen (secondary N) is 1. The largest absolute Gasteiger partial charge is 0.344 e. The van der Waals surface area contributed by atoms with E-state index in [0.29, 0.717) is 0 Å². The van der Waals surface area contributed by atoms with Crippen molar-refractivity contribution < 1.29 is 18.5 Å². The number of benzene rings is 1. The molecule has 1 amide bonds. The molecule has 1 aromatic heterocycles. The Hall–Kier alpha value is -2.92. The molecule has 0 aliphatic heterocycles. The number of nitro benzene ring substituents is 1. The summed E-state index contributed by atoms with van der Waals surface area (Å²) in [7, 11) is 0. The number of aromatic nitrogens is 2. The number of aryl methyl sites for hydroxylation is 1. The fourth-order valence-electron chi connectivity index (χ4n) is 2.11. The Morgan fingerprint density at radius 1 is 1.41 bits per heavy atom. The zero-order valence-electron chi connectivity index (χ0n) is 14.0. The number of rotatable bonds is 6. The van der Waals surface area contributed by atoms with Gasteiger partial charge < -0.3 is 11.1 Å². The summed E-state index contributed by atoms with van der Waals surface area (Å²) in [6.45, 7) is -0.576. The van der Waals surface area contributed by atoms with Crippen LogP contribution >= 0.6 is 12.4 Å². The van der Waals surface area contributed by atoms with Gasteiger partial charge in [0.2, 0.25) is 5.43 Å². The lowest BCUT2D eigenvalue weighted by atomic mass is 10.2. The van der Waals surface area contributed by atoms with Gasteiger partial charge in [-0.25, -0.2) is 13.5 Å². The summed E-state index contributed by atoms with van der Waals surface area (Å²) in [5.41, 5.74) is 3.37. The van der Waals surface area contributed by atoms with E-state index in [4.69, 9.17) is 5.73 Å². The molecule has 0 aliphatic rings. The van der Waals surface area contributed by atoms with Crippen molar-refractivity contribution in [2.24, 2.45) is 5.73 Å². The molecule has 2 rings (SSSR count). The number of hydrogen-bond acceptors (Lipinski definition) is 6. The zero-order chi connectivity index (χ0) is 19.5. The van der Waals surface area contributed by atoms with E-state index in [1.54, 1.807) is 0 Å². The molecular formula is C15H16ClF2N5O4. The highest BCUT2D eigenvalue weighted by molar-refractivity contribution is 5.92. The van der Waals surface area contributed by atoms with Gasteiger partial charge >= 0.3 is 0 Å². The Kier molecular flexibility index (Phi) is 7.08. The van der Waals surface area contributed by atoms with Crippen molar-refractivity contribution in [3.63, 3.8) is 0 Å². The van der Waals surface area contributed by atoms with Gasteiger partial charge in [0, 0.05) is 17.8 Å². The lowest BCUT2D eigenvalue weighted by Gasteiger charge is -2.15. The van der Waals surface area contributed by atoms with Crippen molar-refractivity contribution >= 4 is 24.0 Å². The highest BCUT2D eigenvalue weighted by atomic mass is 35.5. The molecular weight excluding hydrogens is 388 g/mol. The SMILES string of the molecule is Cc1cc(=O)c(C(=O)NCC(F)(F)CN)nn1-c1ccccc1[N+](=O)[O-].Cl. The van der Waals surface area contributed by atoms with Crippen LogP contribution in [0.3, 0.4) is 0 Å². The molecule has 1 heterocycles. The number of para-hydroxylation sites is 2. The Labute approximate surface area is 157 Å². The molecule has 12 heteroatoms. The van der Waals surface area contributed by atoms with E-state index in [2.05, 4.69) is 5.10 Å². The first-order valence-corrected chi connectivity index (χ1v) is 7.37. The van der Waals surface area contributed by atoms with E-state index in [1.165, 1.54) is 31.2 Å². The molecule has 0 atom stereocenters. The third kappa shape index (κ3) is 5.05. The van der Waals surface area contributed by atoms with Crippen molar-refractivity contribution in [1.82, 2.24) is 15.1 Å². The minimum atomic E-state index is -3.34. The maximum Gasteiger partial charge on any atom is 0.294 e. The summed E-state index contributed by atoms with van der Waals surface area (Å²) >= 11 is 0. The predicted molar refractivity (Wildman–Crippen MR) is 94.8 cm³/mol. The number of carbonyl (C=O) groups excluding carboxylic acids is 1. The first-order valence-electron chi connectivity index (χ1n) is 7.37. The summed E-state index contributed by atoms with van der Waals surface area (Å²) in [6, 6.07) is 6.62. The van der Waals surface area contributed by atoms with E-state index in [-0.39, 0.29) is 29.5 Å². The average Bonchev–Trinajstić information content (AvgIpc) is 2.60. The van der Waals surface area contributed by atoms with Crippen LogP contribution in [0.1, 0.15) is 16.2 Å². The van der Waals surface area contributed by atoms with Gasteiger partial charge in [0.05, 0.1) is 18.0 Å². The van der Waals surface area contributed by atoms with E-state index in [1.807, 2.05) is 5.32 Å². The van der Waals surface area contributed by atoms with Crippen molar-refractivity contribution in [1.29, 1.82) is 0 Å². The van der Waals surface area contributed by atoms with Crippen LogP contribution in [0.4, 0.5) is 14.5 Å². The molecule has 146 valence electrons. The van der Waals surface area contributed by atoms with Crippen molar-refractivity contribution in [3.05, 3.63) is 62.1 Å². The highest BCUT2D eigenvalue weighted by Crippen LogP contribution is 2.22. The molecule has 0 unspecified atom stereocenters. The van der Waals surface area contributed by atoms with Crippen LogP contribution in [0.25, 0.3) is 5.69 Å². The summed E-state index contributed by atoms with van der Waals surface area (Å²) in [6.07, 6.45) is 0. The molecule has 27 heavy (non-hydrogen) atoms. The summed E-state index contributed by atoms with van der Waals surface area (Å²) < 4.78 is 27.4. The van der Waals surface area contributed by atoms with Crippen LogP contribution in [0.15, 0.2) is 35.1 Å². The lowest BCUT2D eigenvalue weighted by molar-refractivity contribution is -0.384. The lowest BCUT2D eigenvalue weighted by Crippen LogP contribution is -2.43. The van der Waals surface area contributed by atoms with Crippen LogP contribution < -0.4 is 16.5 Å². The number of nitrogens with two attached hydrogens (primary N) is 1. The van der Waals surface area contributed by atoms with Crippen LogP contribution in [0.5, 0.6) is 0 Å². The maximum absolute atomic E-state index is 13.2. The third-order valence-electron chi connectivity index (χ3n) is 3.44. The predicted octanol–water partition coefficient (Wildman–Crippen LogP) is 1.19. The van der Waals surface area contributed by atoms with Gasteiger partial charge in [0.25, 0.3) is 17.5 Å². The van der Waals surface area contributed by atoms with Crippen LogP contribution in [0, 0.1) is 17.0 Å². The first-order chi connectivity index (χ1) is 12.2. The molecule has 0 radical (unpaired) electrons. The standard InChI is InChI=1S/C15H15F2N5O4.ClH/c1-9-6-12(23)13(14(24)19-8-15(16,17)7-18)20-21(9)10-4-2-3-5-11(10)22(25)26;/h2-6H,7-8,18H2,1H3,(H,19,24);1H. The monoisotopic (exact) mass is 403 g/mol. The zero-order valence-corrected chi connectivity index (χ0v) is 14.8. The fourth-order valence-corrected chi connectivity index (χ4v) is 2.11. The summed E-state index contributed by atoms with van der Waals surface area (Å²) in [4.78, 5) is 34.6. The maximum atomic E-state index is 13.2. The minimum Gasteiger partial charge on any atom is -0.344 e. The van der Waals surface area contributed by atoms with Gasteiger partial charge in [-0.3, -0.25) is 19.7 Å². The highest BCUT2D eigenvalue weighted by Gasteiger charge is 2.28. The molecule has 9 nitrogen and oxygen atoms in total. The van der Waals surface area contributed by atoms with E-state index >= 15 is 0 Å². The first kappa shape index (κ1) is 22.1. The van der Waals surface area contributed by atoms with Crippen molar-refractivity contribution in [2.75, 3.05) is 13.1 Å². The van der Waals surface area contributed by atoms with Crippen LogP contribution in [0.2, 0.25) is 0 Å². The second-order valence-electron chi connectivity index (χ2n) is 5.40. The van der Waals surface area contributed by atoms with Gasteiger partial charge in [-0.15, -0.1) is 12.4 Å². The Balaban J connectivity index is 0.00000364. The van der Waals surface area contributed by atoms with E-state index in [0.717, 1.165) is 10.7 Å². The molecule has 0 spiro atoms. The molecule has 0 saturated heterocycles. The molecule has 0 bridgehead atoms. The fraction of sp³-hybridized carbons (Fsp3) is 0.267. The number of amides is 1. The van der Waals surface area contributed by atoms with Crippen molar-refractivity contribution in [2.45, 2.75) is 12.8 Å². The van der Waals surface area contributed by atoms with Crippen molar-refractivity contribution in [3.8, 4) is 5.69 Å². The van der Waals surface area contributed by atoms with Gasteiger partial charge in [-0.2, -0.15) is 5.10 Å². The Bertz CT molecular complexity index is 919. The number of alkyl halides is 2. The number of carbonyl (C=O) groups is 1. The number of nitrogens with zero attached hydrogens (tertiary/aromatic N) is 3. The summed E-state index contributed by atoms with van der Waals surface area (Å²) in [5.74, 6) is -4.46. The third-order valence-corrected chi connectivity index (χ3v) is 3.44. The molecule has 1 aromatic carbocycles. The number of halogens is 3. The molecule has 3 N–H and O–H groups in total. The van der Waals surface area contributed by atoms with E-state index in [9.17, 15) is 28.5 Å². The Morgan fingerprint density at radius 3 is 2.63 bits per heavy atom. The molecule has 0 saturated carbocycles. The quantitative estimate of drug-likeness (QED) is 0.550. The summed E-state index contributed by atoms with van der Waals surface area (Å²) in [5, 5.41) is 16.9. The molecule has 0 aliphatic carbocycles. The molecule has 0 fully saturated rings. The second kappa shape index (κ2) is 8.64. The smallest absolute Gasteiger partial charge is 0.294 e.